The van der Waals surface area contributed by atoms with Gasteiger partial charge in [-0.2, -0.15) is 5.26 Å². The maximum Gasteiger partial charge on any atom is 0.0992 e. The van der Waals surface area contributed by atoms with Crippen molar-refractivity contribution in [2.24, 2.45) is 0 Å². The van der Waals surface area contributed by atoms with Crippen LogP contribution in [0.4, 0.5) is 0 Å². The summed E-state index contributed by atoms with van der Waals surface area (Å²) in [5.74, 6) is 0. The molecule has 4 heteroatoms. The molecule has 1 saturated heterocycles. The van der Waals surface area contributed by atoms with Gasteiger partial charge in [0.1, 0.15) is 0 Å². The number of rotatable bonds is 3. The highest BCUT2D eigenvalue weighted by atomic mass is 35.5. The summed E-state index contributed by atoms with van der Waals surface area (Å²) >= 11 is 6.18. The molecule has 0 spiro atoms. The van der Waals surface area contributed by atoms with Gasteiger partial charge < -0.3 is 10.2 Å². The highest BCUT2D eigenvalue weighted by Gasteiger charge is 2.22. The van der Waals surface area contributed by atoms with Gasteiger partial charge >= 0.3 is 0 Å². The van der Waals surface area contributed by atoms with Crippen molar-refractivity contribution in [2.75, 3.05) is 13.6 Å². The van der Waals surface area contributed by atoms with Gasteiger partial charge in [-0.05, 0) is 51.1 Å². The van der Waals surface area contributed by atoms with Gasteiger partial charge in [0, 0.05) is 23.7 Å². The molecule has 1 fully saturated rings. The number of nitrogens with zero attached hydrogens (tertiary/aromatic N) is 2. The number of nitrogens with one attached hydrogen (secondary N) is 1. The maximum absolute atomic E-state index is 8.81. The largest absolute Gasteiger partial charge is 0.310 e. The molecule has 1 aliphatic rings. The Morgan fingerprint density at radius 3 is 2.95 bits per heavy atom. The molecule has 3 nitrogen and oxygen atoms in total. The molecule has 2 unspecified atom stereocenters. The van der Waals surface area contributed by atoms with Crippen LogP contribution in [0.1, 0.15) is 30.9 Å². The highest BCUT2D eigenvalue weighted by Crippen LogP contribution is 2.19. The minimum absolute atomic E-state index is 0.554. The minimum atomic E-state index is 0.554. The predicted molar refractivity (Wildman–Crippen MR) is 78.1 cm³/mol. The first kappa shape index (κ1) is 14.3. The third-order valence-corrected chi connectivity index (χ3v) is 4.32. The average Bonchev–Trinajstić information content (AvgIpc) is 2.41. The number of benzene rings is 1. The van der Waals surface area contributed by atoms with Gasteiger partial charge in [0.2, 0.25) is 0 Å². The fraction of sp³-hybridized carbons (Fsp3) is 0.533. The summed E-state index contributed by atoms with van der Waals surface area (Å²) in [4.78, 5) is 2.40. The number of piperidine rings is 1. The molecule has 0 aliphatic carbocycles. The number of hydrogen-bond acceptors (Lipinski definition) is 3. The van der Waals surface area contributed by atoms with Crippen LogP contribution in [0.2, 0.25) is 5.02 Å². The molecule has 0 saturated carbocycles. The minimum Gasteiger partial charge on any atom is -0.310 e. The molecule has 19 heavy (non-hydrogen) atoms. The zero-order valence-corrected chi connectivity index (χ0v) is 12.2. The second-order valence-electron chi connectivity index (χ2n) is 5.35. The van der Waals surface area contributed by atoms with E-state index in [1.807, 2.05) is 12.1 Å². The molecule has 1 N–H and O–H groups in total. The number of likely N-dealkylation sites (tertiary alicyclic amines) is 1. The molecule has 0 amide bonds. The molecule has 1 heterocycles. The Bertz CT molecular complexity index is 481. The monoisotopic (exact) mass is 277 g/mol. The Hall–Kier alpha value is -1.08. The maximum atomic E-state index is 8.81. The molecular weight excluding hydrogens is 258 g/mol. The lowest BCUT2D eigenvalue weighted by Gasteiger charge is -2.35. The van der Waals surface area contributed by atoms with E-state index in [0.717, 1.165) is 18.7 Å². The van der Waals surface area contributed by atoms with Crippen LogP contribution >= 0.6 is 11.6 Å². The van der Waals surface area contributed by atoms with Crippen molar-refractivity contribution in [3.05, 3.63) is 34.3 Å². The topological polar surface area (TPSA) is 39.1 Å². The van der Waals surface area contributed by atoms with Gasteiger partial charge in [-0.15, -0.1) is 0 Å². The van der Waals surface area contributed by atoms with Gasteiger partial charge in [-0.1, -0.05) is 17.7 Å². The van der Waals surface area contributed by atoms with Crippen LogP contribution in [-0.4, -0.2) is 30.6 Å². The van der Waals surface area contributed by atoms with E-state index in [-0.39, 0.29) is 0 Å². The van der Waals surface area contributed by atoms with Crippen molar-refractivity contribution >= 4 is 11.6 Å². The van der Waals surface area contributed by atoms with Crippen LogP contribution in [0.5, 0.6) is 0 Å². The molecule has 2 rings (SSSR count). The summed E-state index contributed by atoms with van der Waals surface area (Å²) in [5.41, 5.74) is 1.67. The van der Waals surface area contributed by atoms with Gasteiger partial charge in [0.25, 0.3) is 0 Å². The lowest BCUT2D eigenvalue weighted by atomic mass is 9.98. The molecular formula is C15H20ClN3. The summed E-state index contributed by atoms with van der Waals surface area (Å²) in [5, 5.41) is 13.1. The first-order valence-corrected chi connectivity index (χ1v) is 7.10. The van der Waals surface area contributed by atoms with E-state index in [2.05, 4.69) is 30.3 Å². The third kappa shape index (κ3) is 3.70. The van der Waals surface area contributed by atoms with Crippen molar-refractivity contribution in [1.29, 1.82) is 5.26 Å². The molecule has 1 aliphatic heterocycles. The van der Waals surface area contributed by atoms with Gasteiger partial charge in [0.15, 0.2) is 0 Å². The summed E-state index contributed by atoms with van der Waals surface area (Å²) in [7, 11) is 2.18. The van der Waals surface area contributed by atoms with Crippen molar-refractivity contribution < 1.29 is 0 Å². The zero-order valence-electron chi connectivity index (χ0n) is 11.5. The van der Waals surface area contributed by atoms with Crippen molar-refractivity contribution in [1.82, 2.24) is 10.2 Å². The number of nitriles is 1. The predicted octanol–water partition coefficient (Wildman–Crippen LogP) is 2.78. The Kier molecular flexibility index (Phi) is 4.81. The normalized spacial score (nSPS) is 24.1. The fourth-order valence-electron chi connectivity index (χ4n) is 2.49. The Balaban J connectivity index is 1.91. The van der Waals surface area contributed by atoms with E-state index >= 15 is 0 Å². The molecule has 0 radical (unpaired) electrons. The number of halogens is 1. The molecule has 0 aromatic heterocycles. The SMILES string of the molecule is CC1CC(NCc2ccc(C#N)cc2Cl)CCN1C. The quantitative estimate of drug-likeness (QED) is 0.923. The summed E-state index contributed by atoms with van der Waals surface area (Å²) in [6.07, 6.45) is 2.35. The summed E-state index contributed by atoms with van der Waals surface area (Å²) in [6, 6.07) is 8.77. The van der Waals surface area contributed by atoms with Gasteiger partial charge in [-0.25, -0.2) is 0 Å². The number of hydrogen-bond donors (Lipinski definition) is 1. The zero-order chi connectivity index (χ0) is 13.8. The Morgan fingerprint density at radius 2 is 2.32 bits per heavy atom. The summed E-state index contributed by atoms with van der Waals surface area (Å²) in [6.45, 7) is 4.17. The van der Waals surface area contributed by atoms with Crippen LogP contribution in [0.15, 0.2) is 18.2 Å². The van der Waals surface area contributed by atoms with Crippen molar-refractivity contribution in [3.8, 4) is 6.07 Å². The van der Waals surface area contributed by atoms with Crippen LogP contribution in [0.3, 0.4) is 0 Å². The van der Waals surface area contributed by atoms with Crippen LogP contribution in [0.25, 0.3) is 0 Å². The van der Waals surface area contributed by atoms with Gasteiger partial charge in [0.05, 0.1) is 11.6 Å². The third-order valence-electron chi connectivity index (χ3n) is 3.97. The molecule has 102 valence electrons. The Labute approximate surface area is 120 Å². The standard InChI is InChI=1S/C15H20ClN3/c1-11-7-14(5-6-19(11)2)18-10-13-4-3-12(9-17)8-15(13)16/h3-4,8,11,14,18H,5-7,10H2,1-2H3. The van der Waals surface area contributed by atoms with E-state index in [0.29, 0.717) is 22.7 Å². The van der Waals surface area contributed by atoms with Gasteiger partial charge in [-0.3, -0.25) is 0 Å². The molecule has 1 aromatic carbocycles. The molecule has 2 atom stereocenters. The van der Waals surface area contributed by atoms with Crippen LogP contribution in [-0.2, 0) is 6.54 Å². The summed E-state index contributed by atoms with van der Waals surface area (Å²) < 4.78 is 0. The van der Waals surface area contributed by atoms with E-state index < -0.39 is 0 Å². The smallest absolute Gasteiger partial charge is 0.0992 e. The fourth-order valence-corrected chi connectivity index (χ4v) is 2.74. The Morgan fingerprint density at radius 1 is 1.53 bits per heavy atom. The second kappa shape index (κ2) is 6.38. The van der Waals surface area contributed by atoms with Crippen LogP contribution in [0, 0.1) is 11.3 Å². The van der Waals surface area contributed by atoms with Crippen molar-refractivity contribution in [2.45, 2.75) is 38.4 Å². The van der Waals surface area contributed by atoms with E-state index in [1.165, 1.54) is 12.8 Å². The van der Waals surface area contributed by atoms with E-state index in [4.69, 9.17) is 16.9 Å². The van der Waals surface area contributed by atoms with Crippen LogP contribution < -0.4 is 5.32 Å². The van der Waals surface area contributed by atoms with E-state index in [1.54, 1.807) is 6.07 Å². The second-order valence-corrected chi connectivity index (χ2v) is 5.76. The lowest BCUT2D eigenvalue weighted by Crippen LogP contribution is -2.45. The van der Waals surface area contributed by atoms with Crippen molar-refractivity contribution in [3.63, 3.8) is 0 Å². The lowest BCUT2D eigenvalue weighted by molar-refractivity contribution is 0.168. The first-order valence-electron chi connectivity index (χ1n) is 6.72. The van der Waals surface area contributed by atoms with E-state index in [9.17, 15) is 0 Å². The first-order chi connectivity index (χ1) is 9.10. The molecule has 1 aromatic rings. The molecule has 0 bridgehead atoms. The highest BCUT2D eigenvalue weighted by molar-refractivity contribution is 6.31. The average molecular weight is 278 g/mol.